The van der Waals surface area contributed by atoms with Gasteiger partial charge in [0.2, 0.25) is 0 Å². The summed E-state index contributed by atoms with van der Waals surface area (Å²) < 4.78 is 5.95. The molecule has 2 N–H and O–H groups in total. The van der Waals surface area contributed by atoms with Crippen LogP contribution in [-0.2, 0) is 0 Å². The molecule has 1 saturated heterocycles. The van der Waals surface area contributed by atoms with Gasteiger partial charge in [0, 0.05) is 24.7 Å². The van der Waals surface area contributed by atoms with Crippen LogP contribution in [0.15, 0.2) is 41.5 Å². The van der Waals surface area contributed by atoms with E-state index in [1.54, 1.807) is 36.7 Å². The highest BCUT2D eigenvalue weighted by Gasteiger charge is 2.28. The second-order valence-electron chi connectivity index (χ2n) is 8.92. The predicted molar refractivity (Wildman–Crippen MR) is 131 cm³/mol. The van der Waals surface area contributed by atoms with E-state index >= 15 is 0 Å². The minimum absolute atomic E-state index is 0.0333. The minimum Gasteiger partial charge on any atom is -0.493 e. The van der Waals surface area contributed by atoms with Crippen LogP contribution in [0, 0.1) is 0 Å². The van der Waals surface area contributed by atoms with Crippen LogP contribution >= 0.6 is 0 Å². The Bertz CT molecular complexity index is 1420. The summed E-state index contributed by atoms with van der Waals surface area (Å²) >= 11 is 0. The molecule has 0 saturated carbocycles. The number of likely N-dealkylation sites (N-methyl/N-ethyl adjacent to an activating group) is 1. The molecular formula is C25H28N6O3. The molecule has 1 fully saturated rings. The molecule has 9 nitrogen and oxygen atoms in total. The minimum atomic E-state index is -0.261. The first-order valence-electron chi connectivity index (χ1n) is 11.5. The average Bonchev–Trinajstić information content (AvgIpc) is 3.50. The van der Waals surface area contributed by atoms with Crippen LogP contribution in [0.2, 0.25) is 0 Å². The second kappa shape index (κ2) is 8.90. The zero-order valence-corrected chi connectivity index (χ0v) is 19.6. The molecule has 0 bridgehead atoms. The van der Waals surface area contributed by atoms with Gasteiger partial charge in [0.05, 0.1) is 40.4 Å². The number of fused-ring (bicyclic) bond motifs is 2. The number of imidazole rings is 1. The van der Waals surface area contributed by atoms with Gasteiger partial charge in [-0.25, -0.2) is 9.97 Å². The van der Waals surface area contributed by atoms with Crippen molar-refractivity contribution in [3.8, 4) is 17.1 Å². The van der Waals surface area contributed by atoms with E-state index in [-0.39, 0.29) is 11.5 Å². The van der Waals surface area contributed by atoms with Crippen molar-refractivity contribution in [1.82, 2.24) is 29.7 Å². The van der Waals surface area contributed by atoms with E-state index in [9.17, 15) is 9.59 Å². The fourth-order valence-corrected chi connectivity index (χ4v) is 4.41. The van der Waals surface area contributed by atoms with Gasteiger partial charge in [-0.05, 0) is 57.3 Å². The quantitative estimate of drug-likeness (QED) is 0.458. The number of carbonyl (C=O) groups excluding carboxylic acids is 1. The van der Waals surface area contributed by atoms with E-state index in [4.69, 9.17) is 9.72 Å². The highest BCUT2D eigenvalue weighted by molar-refractivity contribution is 5.97. The zero-order valence-electron chi connectivity index (χ0n) is 19.6. The summed E-state index contributed by atoms with van der Waals surface area (Å²) in [4.78, 5) is 45.1. The lowest BCUT2D eigenvalue weighted by molar-refractivity contribution is 0.0783. The summed E-state index contributed by atoms with van der Waals surface area (Å²) in [6.07, 6.45) is 3.37. The molecule has 1 aliphatic heterocycles. The number of aromatic nitrogens is 4. The van der Waals surface area contributed by atoms with E-state index in [0.29, 0.717) is 52.8 Å². The van der Waals surface area contributed by atoms with Gasteiger partial charge < -0.3 is 24.5 Å². The molecule has 9 heteroatoms. The Morgan fingerprint density at radius 2 is 2.09 bits per heavy atom. The number of rotatable bonds is 6. The first-order valence-corrected chi connectivity index (χ1v) is 11.5. The fourth-order valence-electron chi connectivity index (χ4n) is 4.41. The Hall–Kier alpha value is -3.72. The monoisotopic (exact) mass is 460 g/mol. The number of hydrogen-bond acceptors (Lipinski definition) is 6. The molecule has 176 valence electrons. The maximum Gasteiger partial charge on any atom is 0.259 e. The van der Waals surface area contributed by atoms with Gasteiger partial charge in [0.1, 0.15) is 11.6 Å². The Labute approximate surface area is 196 Å². The lowest BCUT2D eigenvalue weighted by Gasteiger charge is -2.21. The van der Waals surface area contributed by atoms with Gasteiger partial charge in [-0.1, -0.05) is 6.92 Å². The molecule has 34 heavy (non-hydrogen) atoms. The van der Waals surface area contributed by atoms with Gasteiger partial charge in [-0.2, -0.15) is 0 Å². The highest BCUT2D eigenvalue weighted by atomic mass is 16.5. The third-order valence-corrected chi connectivity index (χ3v) is 6.37. The van der Waals surface area contributed by atoms with Crippen LogP contribution in [0.3, 0.4) is 0 Å². The number of benzene rings is 2. The normalized spacial score (nSPS) is 16.1. The molecule has 1 aliphatic rings. The van der Waals surface area contributed by atoms with Gasteiger partial charge in [-0.3, -0.25) is 9.59 Å². The van der Waals surface area contributed by atoms with E-state index in [1.807, 2.05) is 25.9 Å². The number of aromatic amines is 2. The number of hydrogen-bond donors (Lipinski definition) is 2. The number of amides is 1. The Morgan fingerprint density at radius 1 is 1.24 bits per heavy atom. The number of H-pyrrole nitrogens is 2. The van der Waals surface area contributed by atoms with Crippen LogP contribution < -0.4 is 10.3 Å². The van der Waals surface area contributed by atoms with Gasteiger partial charge >= 0.3 is 0 Å². The molecule has 1 amide bonds. The van der Waals surface area contributed by atoms with E-state index < -0.39 is 0 Å². The third kappa shape index (κ3) is 4.03. The van der Waals surface area contributed by atoms with Crippen LogP contribution in [0.5, 0.6) is 5.75 Å². The SMILES string of the molecule is CCCOc1ccc(C(=O)N2CC[C@H](N(C)C)C2)cc1-c1nc2cc3nc[nH]c3cc2c(=O)[nH]1. The smallest absolute Gasteiger partial charge is 0.259 e. The summed E-state index contributed by atoms with van der Waals surface area (Å²) in [5.41, 5.74) is 2.90. The largest absolute Gasteiger partial charge is 0.493 e. The number of nitrogens with one attached hydrogen (secondary N) is 2. The highest BCUT2D eigenvalue weighted by Crippen LogP contribution is 2.31. The van der Waals surface area contributed by atoms with Crippen molar-refractivity contribution in [3.05, 3.63) is 52.6 Å². The molecule has 1 atom stereocenters. The molecule has 2 aromatic heterocycles. The van der Waals surface area contributed by atoms with Crippen LogP contribution in [0.25, 0.3) is 33.3 Å². The Morgan fingerprint density at radius 3 is 2.85 bits per heavy atom. The number of likely N-dealkylation sites (tertiary alicyclic amines) is 1. The lowest BCUT2D eigenvalue weighted by Crippen LogP contribution is -2.34. The summed E-state index contributed by atoms with van der Waals surface area (Å²) in [7, 11) is 4.07. The van der Waals surface area contributed by atoms with Crippen molar-refractivity contribution >= 4 is 27.8 Å². The van der Waals surface area contributed by atoms with Crippen molar-refractivity contribution in [2.75, 3.05) is 33.8 Å². The Balaban J connectivity index is 1.57. The van der Waals surface area contributed by atoms with E-state index in [0.717, 1.165) is 30.4 Å². The van der Waals surface area contributed by atoms with Gasteiger partial charge in [0.25, 0.3) is 11.5 Å². The molecule has 0 radical (unpaired) electrons. The molecule has 0 aliphatic carbocycles. The first kappa shape index (κ1) is 22.1. The van der Waals surface area contributed by atoms with Crippen LogP contribution in [-0.4, -0.2) is 75.5 Å². The Kier molecular flexibility index (Phi) is 5.79. The average molecular weight is 461 g/mol. The maximum atomic E-state index is 13.3. The first-order chi connectivity index (χ1) is 16.4. The summed E-state index contributed by atoms with van der Waals surface area (Å²) in [6, 6.07) is 9.23. The van der Waals surface area contributed by atoms with Crippen molar-refractivity contribution in [2.45, 2.75) is 25.8 Å². The molecule has 2 aromatic carbocycles. The number of ether oxygens (including phenoxy) is 1. The molecule has 0 spiro atoms. The topological polar surface area (TPSA) is 107 Å². The molecule has 0 unspecified atom stereocenters. The second-order valence-corrected chi connectivity index (χ2v) is 8.92. The summed E-state index contributed by atoms with van der Waals surface area (Å²) in [5.74, 6) is 0.907. The van der Waals surface area contributed by atoms with Crippen molar-refractivity contribution in [3.63, 3.8) is 0 Å². The van der Waals surface area contributed by atoms with Gasteiger partial charge in [0.15, 0.2) is 0 Å². The van der Waals surface area contributed by atoms with E-state index in [2.05, 4.69) is 19.9 Å². The molecule has 4 aromatic rings. The van der Waals surface area contributed by atoms with Crippen molar-refractivity contribution < 1.29 is 9.53 Å². The maximum absolute atomic E-state index is 13.3. The summed E-state index contributed by atoms with van der Waals surface area (Å²) in [5, 5.41) is 0.468. The third-order valence-electron chi connectivity index (χ3n) is 6.37. The number of carbonyl (C=O) groups is 1. The standard InChI is InChI=1S/C25H28N6O3/c1-4-9-34-22-6-5-15(25(33)31-8-7-16(13-31)30(2)3)10-18(22)23-28-19-12-21-20(26-14-27-21)11-17(19)24(32)29-23/h5-6,10-12,14,16H,4,7-9,13H2,1-3H3,(H,26,27)(H,28,29,32)/t16-/m0/s1. The molecular weight excluding hydrogens is 432 g/mol. The van der Waals surface area contributed by atoms with Crippen LogP contribution in [0.4, 0.5) is 0 Å². The van der Waals surface area contributed by atoms with Crippen molar-refractivity contribution in [2.24, 2.45) is 0 Å². The van der Waals surface area contributed by atoms with E-state index in [1.165, 1.54) is 0 Å². The molecule has 3 heterocycles. The van der Waals surface area contributed by atoms with Crippen LogP contribution in [0.1, 0.15) is 30.1 Å². The summed E-state index contributed by atoms with van der Waals surface area (Å²) in [6.45, 7) is 3.95. The van der Waals surface area contributed by atoms with Gasteiger partial charge in [-0.15, -0.1) is 0 Å². The fraction of sp³-hybridized carbons (Fsp3) is 0.360. The number of nitrogens with zero attached hydrogens (tertiary/aromatic N) is 4. The lowest BCUT2D eigenvalue weighted by atomic mass is 10.1. The zero-order chi connectivity index (χ0) is 23.8. The molecule has 5 rings (SSSR count). The van der Waals surface area contributed by atoms with Crippen molar-refractivity contribution in [1.29, 1.82) is 0 Å². The predicted octanol–water partition coefficient (Wildman–Crippen LogP) is 3.03.